The van der Waals surface area contributed by atoms with E-state index in [1.165, 1.54) is 12.8 Å². The summed E-state index contributed by atoms with van der Waals surface area (Å²) in [5.74, 6) is 0. The highest BCUT2D eigenvalue weighted by atomic mass is 16.5. The van der Waals surface area contributed by atoms with Gasteiger partial charge in [-0.15, -0.1) is 0 Å². The number of hydrogen-bond donors (Lipinski definition) is 0. The van der Waals surface area contributed by atoms with Crippen LogP contribution in [-0.4, -0.2) is 21.6 Å². The molecular weight excluding hydrogens is 74.9 g/mol. The van der Waals surface area contributed by atoms with Crippen molar-refractivity contribution in [1.29, 1.82) is 0 Å². The second kappa shape index (κ2) is 3.22. The number of ether oxygens (including phenoxy) is 1. The van der Waals surface area contributed by atoms with Crippen molar-refractivity contribution in [3.05, 3.63) is 0 Å². The van der Waals surface area contributed by atoms with Crippen molar-refractivity contribution in [2.24, 2.45) is 0 Å². The summed E-state index contributed by atoms with van der Waals surface area (Å²) in [7, 11) is 0. The second-order valence-electron chi connectivity index (χ2n) is 1.32. The SMILES string of the molecule is C1CCOC1.[B]. The fourth-order valence-corrected chi connectivity index (χ4v) is 0.510. The molecule has 1 saturated heterocycles. The Hall–Kier alpha value is 0.0249. The minimum Gasteiger partial charge on any atom is -0.381 e. The molecule has 1 heterocycles. The first-order valence-electron chi connectivity index (χ1n) is 2.08. The second-order valence-corrected chi connectivity index (χ2v) is 1.32. The van der Waals surface area contributed by atoms with Gasteiger partial charge < -0.3 is 4.74 Å². The Bertz CT molecular complexity index is 19.1. The highest BCUT2D eigenvalue weighted by Gasteiger charge is 1.94. The maximum atomic E-state index is 4.94. The molecule has 1 nitrogen and oxygen atoms in total. The van der Waals surface area contributed by atoms with Crippen LogP contribution in [0.3, 0.4) is 0 Å². The zero-order valence-electron chi connectivity index (χ0n) is 3.81. The molecule has 0 amide bonds. The van der Waals surface area contributed by atoms with Gasteiger partial charge in [0.05, 0.1) is 0 Å². The van der Waals surface area contributed by atoms with Gasteiger partial charge in [0, 0.05) is 21.6 Å². The van der Waals surface area contributed by atoms with Crippen molar-refractivity contribution in [3.8, 4) is 0 Å². The Morgan fingerprint density at radius 2 is 1.50 bits per heavy atom. The van der Waals surface area contributed by atoms with E-state index in [1.54, 1.807) is 0 Å². The van der Waals surface area contributed by atoms with E-state index in [0.29, 0.717) is 0 Å². The van der Waals surface area contributed by atoms with Crippen LogP contribution in [0, 0.1) is 0 Å². The first kappa shape index (κ1) is 6.02. The Morgan fingerprint density at radius 1 is 1.00 bits per heavy atom. The lowest BCUT2D eigenvalue weighted by Crippen LogP contribution is -1.74. The van der Waals surface area contributed by atoms with E-state index in [1.807, 2.05) is 0 Å². The molecule has 3 radical (unpaired) electrons. The van der Waals surface area contributed by atoms with Crippen LogP contribution in [-0.2, 0) is 4.74 Å². The van der Waals surface area contributed by atoms with E-state index in [-0.39, 0.29) is 8.41 Å². The Labute approximate surface area is 40.3 Å². The lowest BCUT2D eigenvalue weighted by atomic mass is 10.4. The molecule has 0 saturated carbocycles. The number of hydrogen-bond acceptors (Lipinski definition) is 1. The fraction of sp³-hybridized carbons (Fsp3) is 1.00. The third-order valence-corrected chi connectivity index (χ3v) is 0.827. The minimum absolute atomic E-state index is 0. The van der Waals surface area contributed by atoms with Crippen LogP contribution >= 0.6 is 0 Å². The maximum absolute atomic E-state index is 4.94. The molecule has 0 unspecified atom stereocenters. The van der Waals surface area contributed by atoms with Gasteiger partial charge in [-0.05, 0) is 12.8 Å². The minimum atomic E-state index is 0. The number of rotatable bonds is 0. The summed E-state index contributed by atoms with van der Waals surface area (Å²) in [5.41, 5.74) is 0. The lowest BCUT2D eigenvalue weighted by Gasteiger charge is -1.76. The van der Waals surface area contributed by atoms with Crippen LogP contribution < -0.4 is 0 Å². The molecule has 0 aromatic rings. The average Bonchev–Trinajstić information content (AvgIpc) is 1.76. The highest BCUT2D eigenvalue weighted by molar-refractivity contribution is 5.75. The Morgan fingerprint density at radius 3 is 1.67 bits per heavy atom. The van der Waals surface area contributed by atoms with E-state index in [2.05, 4.69) is 0 Å². The summed E-state index contributed by atoms with van der Waals surface area (Å²) in [5, 5.41) is 0. The zero-order valence-corrected chi connectivity index (χ0v) is 3.81. The predicted octanol–water partition coefficient (Wildman–Crippen LogP) is 0.416. The topological polar surface area (TPSA) is 9.23 Å². The van der Waals surface area contributed by atoms with Crippen LogP contribution in [0.4, 0.5) is 0 Å². The fourth-order valence-electron chi connectivity index (χ4n) is 0.510. The van der Waals surface area contributed by atoms with Crippen LogP contribution in [0.2, 0.25) is 0 Å². The predicted molar refractivity (Wildman–Crippen MR) is 25.8 cm³/mol. The van der Waals surface area contributed by atoms with Gasteiger partial charge >= 0.3 is 0 Å². The van der Waals surface area contributed by atoms with Gasteiger partial charge in [-0.1, -0.05) is 0 Å². The molecule has 0 spiro atoms. The third kappa shape index (κ3) is 1.46. The van der Waals surface area contributed by atoms with Crippen molar-refractivity contribution >= 4 is 8.41 Å². The molecule has 33 valence electrons. The summed E-state index contributed by atoms with van der Waals surface area (Å²) < 4.78 is 4.94. The first-order valence-corrected chi connectivity index (χ1v) is 2.08. The molecule has 0 aliphatic carbocycles. The summed E-state index contributed by atoms with van der Waals surface area (Å²) in [6.07, 6.45) is 2.56. The standard InChI is InChI=1S/C4H8O.B/c1-2-4-5-3-1;/h1-4H2;. The van der Waals surface area contributed by atoms with Gasteiger partial charge in [0.1, 0.15) is 0 Å². The van der Waals surface area contributed by atoms with E-state index in [4.69, 9.17) is 4.74 Å². The maximum Gasteiger partial charge on any atom is 0.0466 e. The zero-order chi connectivity index (χ0) is 3.54. The first-order chi connectivity index (χ1) is 2.50. The van der Waals surface area contributed by atoms with Gasteiger partial charge in [0.25, 0.3) is 0 Å². The van der Waals surface area contributed by atoms with Crippen molar-refractivity contribution in [3.63, 3.8) is 0 Å². The summed E-state index contributed by atoms with van der Waals surface area (Å²) in [6, 6.07) is 0. The van der Waals surface area contributed by atoms with E-state index in [0.717, 1.165) is 13.2 Å². The van der Waals surface area contributed by atoms with E-state index in [9.17, 15) is 0 Å². The quantitative estimate of drug-likeness (QED) is 0.385. The van der Waals surface area contributed by atoms with E-state index >= 15 is 0 Å². The molecule has 0 aromatic heterocycles. The molecule has 1 rings (SSSR count). The lowest BCUT2D eigenvalue weighted by molar-refractivity contribution is 0.198. The highest BCUT2D eigenvalue weighted by Crippen LogP contribution is 1.98. The van der Waals surface area contributed by atoms with Gasteiger partial charge in [0.15, 0.2) is 0 Å². The monoisotopic (exact) mass is 83.1 g/mol. The summed E-state index contributed by atoms with van der Waals surface area (Å²) in [4.78, 5) is 0. The molecule has 1 aliphatic heterocycles. The molecule has 1 fully saturated rings. The molecule has 0 bridgehead atoms. The summed E-state index contributed by atoms with van der Waals surface area (Å²) in [6.45, 7) is 2.00. The van der Waals surface area contributed by atoms with Gasteiger partial charge in [0.2, 0.25) is 0 Å². The largest absolute Gasteiger partial charge is 0.381 e. The van der Waals surface area contributed by atoms with Gasteiger partial charge in [-0.3, -0.25) is 0 Å². The van der Waals surface area contributed by atoms with Gasteiger partial charge in [-0.25, -0.2) is 0 Å². The molecule has 6 heavy (non-hydrogen) atoms. The average molecular weight is 82.9 g/mol. The van der Waals surface area contributed by atoms with E-state index < -0.39 is 0 Å². The molecule has 1 aliphatic rings. The third-order valence-electron chi connectivity index (χ3n) is 0.827. The molecule has 0 N–H and O–H groups in total. The van der Waals surface area contributed by atoms with Crippen molar-refractivity contribution in [2.45, 2.75) is 12.8 Å². The Kier molecular flexibility index (Phi) is 3.24. The van der Waals surface area contributed by atoms with Crippen LogP contribution in [0.5, 0.6) is 0 Å². The van der Waals surface area contributed by atoms with Crippen molar-refractivity contribution in [2.75, 3.05) is 13.2 Å². The molecule has 0 aromatic carbocycles. The Balaban J connectivity index is 0.000000250. The van der Waals surface area contributed by atoms with Crippen LogP contribution in [0.25, 0.3) is 0 Å². The van der Waals surface area contributed by atoms with Crippen LogP contribution in [0.1, 0.15) is 12.8 Å². The van der Waals surface area contributed by atoms with Crippen molar-refractivity contribution < 1.29 is 4.74 Å². The smallest absolute Gasteiger partial charge is 0.0466 e. The summed E-state index contributed by atoms with van der Waals surface area (Å²) >= 11 is 0. The van der Waals surface area contributed by atoms with Gasteiger partial charge in [-0.2, -0.15) is 0 Å². The molecule has 0 atom stereocenters. The molecule has 2 heteroatoms. The van der Waals surface area contributed by atoms with Crippen molar-refractivity contribution in [1.82, 2.24) is 0 Å². The van der Waals surface area contributed by atoms with Crippen LogP contribution in [0.15, 0.2) is 0 Å². The molecular formula is C4H8BO. The normalized spacial score (nSPS) is 20.0.